The van der Waals surface area contributed by atoms with E-state index in [0.29, 0.717) is 19.3 Å². The monoisotopic (exact) mass is 1130 g/mol. The van der Waals surface area contributed by atoms with E-state index in [4.69, 9.17) is 14.2 Å². The van der Waals surface area contributed by atoms with Crippen LogP contribution in [0.2, 0.25) is 0 Å². The van der Waals surface area contributed by atoms with Crippen molar-refractivity contribution in [3.63, 3.8) is 0 Å². The van der Waals surface area contributed by atoms with Gasteiger partial charge in [0.25, 0.3) is 0 Å². The maximum absolute atomic E-state index is 12.9. The molecule has 0 aliphatic heterocycles. The van der Waals surface area contributed by atoms with Crippen LogP contribution in [0.1, 0.15) is 355 Å². The molecule has 0 aromatic rings. The second kappa shape index (κ2) is 69.1. The minimum Gasteiger partial charge on any atom is -0.462 e. The Labute approximate surface area is 503 Å². The van der Waals surface area contributed by atoms with Gasteiger partial charge in [-0.25, -0.2) is 0 Å². The number of rotatable bonds is 64. The molecule has 0 saturated carbocycles. The molecule has 0 radical (unpaired) electrons. The average molecular weight is 1130 g/mol. The van der Waals surface area contributed by atoms with Crippen LogP contribution in [0.4, 0.5) is 0 Å². The molecule has 81 heavy (non-hydrogen) atoms. The van der Waals surface area contributed by atoms with Crippen molar-refractivity contribution in [1.29, 1.82) is 0 Å². The molecule has 0 aromatic heterocycles. The van der Waals surface area contributed by atoms with Crippen LogP contribution in [-0.4, -0.2) is 37.2 Å². The van der Waals surface area contributed by atoms with Crippen LogP contribution in [0.5, 0.6) is 0 Å². The Morgan fingerprint density at radius 3 is 0.802 bits per heavy atom. The number of carbonyl (C=O) groups is 3. The normalized spacial score (nSPS) is 12.6. The molecule has 0 amide bonds. The Hall–Kier alpha value is -3.41. The molecule has 0 spiro atoms. The minimum absolute atomic E-state index is 0.0927. The van der Waals surface area contributed by atoms with Crippen LogP contribution in [0.25, 0.3) is 0 Å². The van der Waals surface area contributed by atoms with Crippen LogP contribution < -0.4 is 0 Å². The van der Waals surface area contributed by atoms with Gasteiger partial charge in [0, 0.05) is 19.3 Å². The Balaban J connectivity index is 4.28. The van der Waals surface area contributed by atoms with Crippen LogP contribution in [0, 0.1) is 0 Å². The molecule has 6 nitrogen and oxygen atoms in total. The van der Waals surface area contributed by atoms with E-state index >= 15 is 0 Å². The molecule has 1 atom stereocenters. The van der Waals surface area contributed by atoms with Gasteiger partial charge in [-0.2, -0.15) is 0 Å². The van der Waals surface area contributed by atoms with Gasteiger partial charge in [0.05, 0.1) is 0 Å². The molecule has 0 N–H and O–H groups in total. The maximum Gasteiger partial charge on any atom is 0.306 e. The van der Waals surface area contributed by atoms with Crippen molar-refractivity contribution in [2.24, 2.45) is 0 Å². The minimum atomic E-state index is -0.802. The summed E-state index contributed by atoms with van der Waals surface area (Å²) in [6, 6.07) is 0. The molecule has 6 heteroatoms. The van der Waals surface area contributed by atoms with Gasteiger partial charge in [-0.05, 0) is 96.3 Å². The van der Waals surface area contributed by atoms with Crippen LogP contribution in [0.15, 0.2) is 85.1 Å². The standard InChI is InChI=1S/C75H132O6/c1-4-7-10-13-16-19-22-25-28-30-32-33-34-35-36-37-38-39-40-41-43-44-47-50-53-56-59-62-65-68-74(77)80-71-72(70-79-73(76)67-64-61-58-55-52-49-46-27-24-21-18-15-12-9-6-3)81-75(78)69-66-63-60-57-54-51-48-45-42-31-29-26-23-20-17-14-11-8-5-2/h9,12,17-18,20-21,26-27,29,42,45-46,52,55,72H,4-8,10-11,13-16,19,22-25,28,30-41,43-44,47-51,53-54,56-71H2,1-3H3/b12-9-,20-17-,21-18-,29-26-,45-42-,46-27-,55-52-. The number of esters is 3. The van der Waals surface area contributed by atoms with E-state index in [9.17, 15) is 14.4 Å². The summed E-state index contributed by atoms with van der Waals surface area (Å²) >= 11 is 0. The van der Waals surface area contributed by atoms with Crippen molar-refractivity contribution in [3.05, 3.63) is 85.1 Å². The smallest absolute Gasteiger partial charge is 0.306 e. The van der Waals surface area contributed by atoms with Gasteiger partial charge in [-0.1, -0.05) is 324 Å². The first-order valence-corrected chi connectivity index (χ1v) is 35.1. The van der Waals surface area contributed by atoms with Gasteiger partial charge >= 0.3 is 17.9 Å². The van der Waals surface area contributed by atoms with E-state index in [-0.39, 0.29) is 31.1 Å². The lowest BCUT2D eigenvalue weighted by atomic mass is 10.0. The van der Waals surface area contributed by atoms with Crippen LogP contribution in [0.3, 0.4) is 0 Å². The van der Waals surface area contributed by atoms with Gasteiger partial charge < -0.3 is 14.2 Å². The lowest BCUT2D eigenvalue weighted by Crippen LogP contribution is -2.30. The number of allylic oxidation sites excluding steroid dienone is 14. The largest absolute Gasteiger partial charge is 0.462 e. The lowest BCUT2D eigenvalue weighted by molar-refractivity contribution is -0.167. The van der Waals surface area contributed by atoms with E-state index in [0.717, 1.165) is 109 Å². The number of carbonyl (C=O) groups excluding carboxylic acids is 3. The van der Waals surface area contributed by atoms with Crippen molar-refractivity contribution in [2.75, 3.05) is 13.2 Å². The number of unbranched alkanes of at least 4 members (excludes halogenated alkanes) is 39. The number of ether oxygens (including phenoxy) is 3. The highest BCUT2D eigenvalue weighted by Gasteiger charge is 2.19. The highest BCUT2D eigenvalue weighted by molar-refractivity contribution is 5.71. The molecular formula is C75H132O6. The van der Waals surface area contributed by atoms with Gasteiger partial charge in [-0.15, -0.1) is 0 Å². The zero-order chi connectivity index (χ0) is 58.5. The van der Waals surface area contributed by atoms with Gasteiger partial charge in [0.2, 0.25) is 0 Å². The molecule has 0 heterocycles. The molecule has 0 aliphatic rings. The topological polar surface area (TPSA) is 78.9 Å². The van der Waals surface area contributed by atoms with Crippen molar-refractivity contribution < 1.29 is 28.6 Å². The van der Waals surface area contributed by atoms with Crippen LogP contribution >= 0.6 is 0 Å². The fourth-order valence-corrected chi connectivity index (χ4v) is 10.2. The van der Waals surface area contributed by atoms with E-state index < -0.39 is 6.10 Å². The summed E-state index contributed by atoms with van der Waals surface area (Å²) in [7, 11) is 0. The van der Waals surface area contributed by atoms with Crippen molar-refractivity contribution >= 4 is 17.9 Å². The first-order valence-electron chi connectivity index (χ1n) is 35.1. The summed E-state index contributed by atoms with van der Waals surface area (Å²) in [4.78, 5) is 38.4. The summed E-state index contributed by atoms with van der Waals surface area (Å²) < 4.78 is 16.9. The molecular weight excluding hydrogens is 997 g/mol. The van der Waals surface area contributed by atoms with Gasteiger partial charge in [0.1, 0.15) is 13.2 Å². The summed E-state index contributed by atoms with van der Waals surface area (Å²) in [6.45, 7) is 6.50. The zero-order valence-corrected chi connectivity index (χ0v) is 53.8. The Morgan fingerprint density at radius 1 is 0.259 bits per heavy atom. The zero-order valence-electron chi connectivity index (χ0n) is 53.8. The fraction of sp³-hybridized carbons (Fsp3) is 0.773. The predicted octanol–water partition coefficient (Wildman–Crippen LogP) is 24.2. The van der Waals surface area contributed by atoms with Gasteiger partial charge in [-0.3, -0.25) is 14.4 Å². The van der Waals surface area contributed by atoms with E-state index in [1.807, 2.05) is 0 Å². The highest BCUT2D eigenvalue weighted by atomic mass is 16.6. The van der Waals surface area contributed by atoms with Crippen molar-refractivity contribution in [3.8, 4) is 0 Å². The molecule has 0 aromatic carbocycles. The summed E-state index contributed by atoms with van der Waals surface area (Å²) in [5.74, 6) is -0.933. The molecule has 0 saturated heterocycles. The molecule has 0 bridgehead atoms. The third-order valence-electron chi connectivity index (χ3n) is 15.4. The number of hydrogen-bond acceptors (Lipinski definition) is 6. The fourth-order valence-electron chi connectivity index (χ4n) is 10.2. The molecule has 468 valence electrons. The molecule has 0 rings (SSSR count). The average Bonchev–Trinajstić information content (AvgIpc) is 3.47. The first kappa shape index (κ1) is 77.6. The van der Waals surface area contributed by atoms with Gasteiger partial charge in [0.15, 0.2) is 6.10 Å². The Bertz CT molecular complexity index is 1530. The third-order valence-corrected chi connectivity index (χ3v) is 15.4. The van der Waals surface area contributed by atoms with E-state index in [2.05, 4.69) is 106 Å². The van der Waals surface area contributed by atoms with E-state index in [1.54, 1.807) is 0 Å². The quantitative estimate of drug-likeness (QED) is 0.0261. The van der Waals surface area contributed by atoms with Crippen LogP contribution in [-0.2, 0) is 28.6 Å². The summed E-state index contributed by atoms with van der Waals surface area (Å²) in [6.07, 6.45) is 92.0. The first-order chi connectivity index (χ1) is 40.0. The summed E-state index contributed by atoms with van der Waals surface area (Å²) in [5, 5.41) is 0. The molecule has 0 fully saturated rings. The SMILES string of the molecule is CC/C=C\C/C=C\C/C=C\C/C=C\CCCCC(=O)OCC(COC(=O)CCCCCCCCCCCCCCCCCCCCCCCCCCCCCCC)OC(=O)CCCCCCCC/C=C\C/C=C\C/C=C\CCCCC. The maximum atomic E-state index is 12.9. The van der Waals surface area contributed by atoms with Crippen molar-refractivity contribution in [1.82, 2.24) is 0 Å². The highest BCUT2D eigenvalue weighted by Crippen LogP contribution is 2.18. The third kappa shape index (κ3) is 67.3. The lowest BCUT2D eigenvalue weighted by Gasteiger charge is -2.18. The second-order valence-electron chi connectivity index (χ2n) is 23.4. The second-order valence-corrected chi connectivity index (χ2v) is 23.4. The van der Waals surface area contributed by atoms with Crippen molar-refractivity contribution in [2.45, 2.75) is 361 Å². The number of hydrogen-bond donors (Lipinski definition) is 0. The summed E-state index contributed by atoms with van der Waals surface area (Å²) in [5.41, 5.74) is 0. The Kier molecular flexibility index (Phi) is 66.2. The molecule has 0 aliphatic carbocycles. The molecule has 1 unspecified atom stereocenters. The Morgan fingerprint density at radius 2 is 0.481 bits per heavy atom. The predicted molar refractivity (Wildman–Crippen MR) is 353 cm³/mol. The van der Waals surface area contributed by atoms with E-state index in [1.165, 1.54) is 205 Å².